The number of hydrogen-bond acceptors (Lipinski definition) is 6. The maximum Gasteiger partial charge on any atom is 0.220 e. The molecule has 1 aliphatic heterocycles. The SMILES string of the molecule is CCNC(=NCCN(CC1CC1)C1CC1)N1CCN(S(=O)(=O)Cc2ccon2)CC1. The van der Waals surface area contributed by atoms with Gasteiger partial charge in [0.25, 0.3) is 0 Å². The third-order valence-corrected chi connectivity index (χ3v) is 7.80. The first kappa shape index (κ1) is 21.6. The molecule has 0 radical (unpaired) electrons. The summed E-state index contributed by atoms with van der Waals surface area (Å²) in [6, 6.07) is 2.37. The zero-order chi connectivity index (χ0) is 21.0. The van der Waals surface area contributed by atoms with E-state index < -0.39 is 10.0 Å². The molecule has 1 N–H and O–H groups in total. The molecule has 1 aromatic heterocycles. The van der Waals surface area contributed by atoms with Crippen LogP contribution >= 0.6 is 0 Å². The van der Waals surface area contributed by atoms with E-state index in [1.807, 2.05) is 0 Å². The molecule has 10 heteroatoms. The van der Waals surface area contributed by atoms with Gasteiger partial charge in [0.2, 0.25) is 10.0 Å². The van der Waals surface area contributed by atoms with Crippen LogP contribution in [0, 0.1) is 5.92 Å². The minimum Gasteiger partial charge on any atom is -0.364 e. The first-order chi connectivity index (χ1) is 14.5. The van der Waals surface area contributed by atoms with Gasteiger partial charge in [0.15, 0.2) is 5.96 Å². The van der Waals surface area contributed by atoms with Gasteiger partial charge in [-0.15, -0.1) is 0 Å². The van der Waals surface area contributed by atoms with Crippen LogP contribution in [0.4, 0.5) is 0 Å². The van der Waals surface area contributed by atoms with Gasteiger partial charge in [0.1, 0.15) is 12.0 Å². The number of rotatable bonds is 10. The van der Waals surface area contributed by atoms with Crippen molar-refractivity contribution in [2.45, 2.75) is 44.4 Å². The van der Waals surface area contributed by atoms with Crippen molar-refractivity contribution in [2.24, 2.45) is 10.9 Å². The molecular weight excluding hydrogens is 404 g/mol. The van der Waals surface area contributed by atoms with Gasteiger partial charge in [-0.3, -0.25) is 9.89 Å². The minimum absolute atomic E-state index is 0.115. The Labute approximate surface area is 179 Å². The lowest BCUT2D eigenvalue weighted by atomic mass is 10.3. The first-order valence-electron chi connectivity index (χ1n) is 11.2. The standard InChI is InChI=1S/C20H34N6O3S/c1-2-21-20(22-8-9-25(19-5-6-19)15-17-3-4-17)24-10-12-26(13-11-24)30(27,28)16-18-7-14-29-23-18/h7,14,17,19H,2-6,8-13,15-16H2,1H3,(H,21,22). The molecule has 1 saturated heterocycles. The topological polar surface area (TPSA) is 94.3 Å². The van der Waals surface area contributed by atoms with Crippen molar-refractivity contribution < 1.29 is 12.9 Å². The average molecular weight is 439 g/mol. The van der Waals surface area contributed by atoms with E-state index in [0.717, 1.165) is 37.6 Å². The molecule has 2 aliphatic carbocycles. The lowest BCUT2D eigenvalue weighted by Gasteiger charge is -2.35. The van der Waals surface area contributed by atoms with Crippen LogP contribution in [0.25, 0.3) is 0 Å². The fourth-order valence-corrected chi connectivity index (χ4v) is 5.40. The Morgan fingerprint density at radius 3 is 2.63 bits per heavy atom. The maximum absolute atomic E-state index is 12.6. The Hall–Kier alpha value is -1.65. The first-order valence-corrected chi connectivity index (χ1v) is 12.8. The molecule has 0 spiro atoms. The van der Waals surface area contributed by atoms with E-state index in [9.17, 15) is 8.42 Å². The minimum atomic E-state index is -3.39. The van der Waals surface area contributed by atoms with Gasteiger partial charge in [0.05, 0.1) is 12.2 Å². The summed E-state index contributed by atoms with van der Waals surface area (Å²) in [6.45, 7) is 8.10. The van der Waals surface area contributed by atoms with Crippen LogP contribution in [0.15, 0.2) is 21.8 Å². The molecular formula is C20H34N6O3S. The lowest BCUT2D eigenvalue weighted by molar-refractivity contribution is 0.252. The predicted octanol–water partition coefficient (Wildman–Crippen LogP) is 0.962. The zero-order valence-corrected chi connectivity index (χ0v) is 18.7. The highest BCUT2D eigenvalue weighted by Crippen LogP contribution is 2.34. The second-order valence-electron chi connectivity index (χ2n) is 8.54. The fourth-order valence-electron chi connectivity index (χ4n) is 3.97. The quantitative estimate of drug-likeness (QED) is 0.429. The molecule has 0 amide bonds. The highest BCUT2D eigenvalue weighted by molar-refractivity contribution is 7.88. The Kier molecular flexibility index (Phi) is 6.94. The molecule has 2 heterocycles. The van der Waals surface area contributed by atoms with Gasteiger partial charge >= 0.3 is 0 Å². The monoisotopic (exact) mass is 438 g/mol. The third kappa shape index (κ3) is 5.95. The van der Waals surface area contributed by atoms with Gasteiger partial charge in [-0.2, -0.15) is 4.31 Å². The van der Waals surface area contributed by atoms with Crippen molar-refractivity contribution >= 4 is 16.0 Å². The molecule has 2 saturated carbocycles. The summed E-state index contributed by atoms with van der Waals surface area (Å²) in [5, 5.41) is 7.11. The molecule has 3 aliphatic rings. The Bertz CT molecular complexity index is 797. The van der Waals surface area contributed by atoms with Crippen molar-refractivity contribution in [3.63, 3.8) is 0 Å². The number of nitrogens with one attached hydrogen (secondary N) is 1. The number of sulfonamides is 1. The lowest BCUT2D eigenvalue weighted by Crippen LogP contribution is -2.54. The van der Waals surface area contributed by atoms with E-state index in [0.29, 0.717) is 31.9 Å². The van der Waals surface area contributed by atoms with E-state index in [1.165, 1.54) is 38.5 Å². The van der Waals surface area contributed by atoms with Crippen LogP contribution in [-0.2, 0) is 15.8 Å². The summed E-state index contributed by atoms with van der Waals surface area (Å²) in [5.41, 5.74) is 0.443. The number of nitrogens with zero attached hydrogens (tertiary/aromatic N) is 5. The van der Waals surface area contributed by atoms with Crippen molar-refractivity contribution in [1.29, 1.82) is 0 Å². The van der Waals surface area contributed by atoms with Crippen molar-refractivity contribution in [3.8, 4) is 0 Å². The largest absolute Gasteiger partial charge is 0.364 e. The van der Waals surface area contributed by atoms with Crippen LogP contribution in [0.3, 0.4) is 0 Å². The molecule has 30 heavy (non-hydrogen) atoms. The van der Waals surface area contributed by atoms with Crippen LogP contribution in [0.1, 0.15) is 38.3 Å². The van der Waals surface area contributed by atoms with E-state index >= 15 is 0 Å². The molecule has 168 valence electrons. The Balaban J connectivity index is 1.28. The molecule has 1 aromatic rings. The second kappa shape index (κ2) is 9.65. The second-order valence-corrected chi connectivity index (χ2v) is 10.5. The molecule has 0 aromatic carbocycles. The molecule has 4 rings (SSSR count). The molecule has 9 nitrogen and oxygen atoms in total. The fraction of sp³-hybridized carbons (Fsp3) is 0.800. The smallest absolute Gasteiger partial charge is 0.220 e. The highest BCUT2D eigenvalue weighted by atomic mass is 32.2. The van der Waals surface area contributed by atoms with E-state index in [4.69, 9.17) is 9.52 Å². The van der Waals surface area contributed by atoms with Crippen molar-refractivity contribution in [2.75, 3.05) is 52.4 Å². The Morgan fingerprint density at radius 2 is 2.03 bits per heavy atom. The van der Waals surface area contributed by atoms with E-state index in [-0.39, 0.29) is 5.75 Å². The third-order valence-electron chi connectivity index (χ3n) is 5.99. The molecule has 0 unspecified atom stereocenters. The summed E-state index contributed by atoms with van der Waals surface area (Å²) < 4.78 is 31.6. The number of aliphatic imine (C=N–C) groups is 1. The average Bonchev–Trinajstić information content (AvgIpc) is 3.66. The summed E-state index contributed by atoms with van der Waals surface area (Å²) in [5.74, 6) is 1.69. The van der Waals surface area contributed by atoms with Gasteiger partial charge < -0.3 is 14.7 Å². The molecule has 0 bridgehead atoms. The van der Waals surface area contributed by atoms with Crippen molar-refractivity contribution in [3.05, 3.63) is 18.0 Å². The number of guanidine groups is 1. The summed E-state index contributed by atoms with van der Waals surface area (Å²) >= 11 is 0. The van der Waals surface area contributed by atoms with Gasteiger partial charge in [0, 0.05) is 57.9 Å². The van der Waals surface area contributed by atoms with Gasteiger partial charge in [-0.05, 0) is 38.5 Å². The van der Waals surface area contributed by atoms with Crippen LogP contribution in [-0.4, -0.2) is 92.0 Å². The van der Waals surface area contributed by atoms with Gasteiger partial charge in [-0.1, -0.05) is 5.16 Å². The van der Waals surface area contributed by atoms with Crippen LogP contribution < -0.4 is 5.32 Å². The summed E-state index contributed by atoms with van der Waals surface area (Å²) in [7, 11) is -3.39. The summed E-state index contributed by atoms with van der Waals surface area (Å²) in [4.78, 5) is 9.66. The number of hydrogen-bond donors (Lipinski definition) is 1. The van der Waals surface area contributed by atoms with E-state index in [1.54, 1.807) is 10.4 Å². The Morgan fingerprint density at radius 1 is 1.27 bits per heavy atom. The molecule has 3 fully saturated rings. The van der Waals surface area contributed by atoms with Crippen LogP contribution in [0.5, 0.6) is 0 Å². The zero-order valence-electron chi connectivity index (χ0n) is 17.9. The number of piperazine rings is 1. The normalized spacial score (nSPS) is 21.4. The predicted molar refractivity (Wildman–Crippen MR) is 116 cm³/mol. The van der Waals surface area contributed by atoms with Gasteiger partial charge in [-0.25, -0.2) is 8.42 Å². The van der Waals surface area contributed by atoms with Crippen molar-refractivity contribution in [1.82, 2.24) is 24.6 Å². The van der Waals surface area contributed by atoms with Crippen LogP contribution in [0.2, 0.25) is 0 Å². The maximum atomic E-state index is 12.6. The summed E-state index contributed by atoms with van der Waals surface area (Å²) in [6.07, 6.45) is 6.84. The molecule has 0 atom stereocenters. The van der Waals surface area contributed by atoms with E-state index in [2.05, 4.69) is 27.2 Å². The number of aromatic nitrogens is 1. The highest BCUT2D eigenvalue weighted by Gasteiger charge is 2.33.